The fraction of sp³-hybridized carbons (Fsp3) is 0.0357. The van der Waals surface area contributed by atoms with Crippen molar-refractivity contribution in [2.24, 2.45) is 0 Å². The monoisotopic (exact) mass is 710 g/mol. The van der Waals surface area contributed by atoms with Gasteiger partial charge in [-0.3, -0.25) is 0 Å². The molecule has 9 aromatic rings. The summed E-state index contributed by atoms with van der Waals surface area (Å²) in [6.45, 7) is 0. The van der Waals surface area contributed by atoms with E-state index in [2.05, 4.69) is 218 Å². The van der Waals surface area contributed by atoms with E-state index in [4.69, 9.17) is 0 Å². The second kappa shape index (κ2) is 13.4. The fourth-order valence-electron chi connectivity index (χ4n) is 9.44. The van der Waals surface area contributed by atoms with Crippen molar-refractivity contribution in [3.05, 3.63) is 252 Å². The van der Waals surface area contributed by atoms with Gasteiger partial charge in [0.05, 0.1) is 0 Å². The van der Waals surface area contributed by atoms with Gasteiger partial charge in [0.15, 0.2) is 0 Å². The topological polar surface area (TPSA) is 0 Å². The lowest BCUT2D eigenvalue weighted by atomic mass is 9.86. The Morgan fingerprint density at radius 2 is 0.518 bits per heavy atom. The lowest BCUT2D eigenvalue weighted by Crippen LogP contribution is -1.99. The quantitative estimate of drug-likeness (QED) is 0.161. The van der Waals surface area contributed by atoms with Crippen LogP contribution in [0.1, 0.15) is 45.2 Å². The van der Waals surface area contributed by atoms with Crippen molar-refractivity contribution in [1.29, 1.82) is 0 Å². The Morgan fingerprint density at radius 1 is 0.196 bits per heavy atom. The molecule has 0 atom stereocenters. The van der Waals surface area contributed by atoms with Gasteiger partial charge in [-0.05, 0) is 106 Å². The van der Waals surface area contributed by atoms with Gasteiger partial charge in [0.1, 0.15) is 0 Å². The Labute approximate surface area is 329 Å². The minimum atomic E-state index is 0.234. The molecular weight excluding hydrogens is 673 g/mol. The summed E-state index contributed by atoms with van der Waals surface area (Å²) in [6.07, 6.45) is 0. The summed E-state index contributed by atoms with van der Waals surface area (Å²) >= 11 is 0. The van der Waals surface area contributed by atoms with Crippen LogP contribution in [0.3, 0.4) is 0 Å². The molecular formula is C56H38. The molecule has 0 fully saturated rings. The molecule has 0 heterocycles. The Hall–Kier alpha value is -7.02. The van der Waals surface area contributed by atoms with E-state index in [9.17, 15) is 0 Å². The number of benzene rings is 9. The third kappa shape index (κ3) is 5.37. The van der Waals surface area contributed by atoms with E-state index in [1.54, 1.807) is 0 Å². The lowest BCUT2D eigenvalue weighted by Gasteiger charge is -2.17. The molecule has 0 saturated heterocycles. The summed E-state index contributed by atoms with van der Waals surface area (Å²) in [5.74, 6) is 0.477. The molecule has 2 aliphatic rings. The first-order valence-electron chi connectivity index (χ1n) is 19.7. The Balaban J connectivity index is 0.976. The van der Waals surface area contributed by atoms with E-state index in [0.29, 0.717) is 0 Å². The molecule has 11 rings (SSSR count). The molecule has 0 amide bonds. The first-order chi connectivity index (χ1) is 27.8. The Bertz CT molecular complexity index is 2790. The number of hydrogen-bond donors (Lipinski definition) is 0. The zero-order chi connectivity index (χ0) is 37.0. The zero-order valence-electron chi connectivity index (χ0n) is 30.9. The first-order valence-corrected chi connectivity index (χ1v) is 19.7. The summed E-state index contributed by atoms with van der Waals surface area (Å²) in [4.78, 5) is 0. The van der Waals surface area contributed by atoms with E-state index in [-0.39, 0.29) is 11.8 Å². The second-order valence-electron chi connectivity index (χ2n) is 15.2. The second-order valence-corrected chi connectivity index (χ2v) is 15.2. The maximum Gasteiger partial charge on any atom is 0.0352 e. The molecule has 0 saturated carbocycles. The van der Waals surface area contributed by atoms with Gasteiger partial charge in [-0.2, -0.15) is 0 Å². The average Bonchev–Trinajstić information content (AvgIpc) is 3.80. The van der Waals surface area contributed by atoms with Gasteiger partial charge in [0.2, 0.25) is 0 Å². The van der Waals surface area contributed by atoms with Crippen molar-refractivity contribution in [2.75, 3.05) is 0 Å². The molecule has 0 bridgehead atoms. The van der Waals surface area contributed by atoms with Gasteiger partial charge in [0, 0.05) is 11.8 Å². The largest absolute Gasteiger partial charge is 0.0622 e. The lowest BCUT2D eigenvalue weighted by molar-refractivity contribution is 1.02. The van der Waals surface area contributed by atoms with Gasteiger partial charge in [0.25, 0.3) is 0 Å². The third-order valence-electron chi connectivity index (χ3n) is 12.1. The molecule has 0 radical (unpaired) electrons. The zero-order valence-corrected chi connectivity index (χ0v) is 30.9. The van der Waals surface area contributed by atoms with Crippen LogP contribution in [-0.4, -0.2) is 0 Å². The molecule has 2 aliphatic carbocycles. The van der Waals surface area contributed by atoms with Crippen LogP contribution < -0.4 is 0 Å². The average molecular weight is 711 g/mol. The molecule has 0 unspecified atom stereocenters. The molecule has 9 aromatic carbocycles. The summed E-state index contributed by atoms with van der Waals surface area (Å²) < 4.78 is 0. The van der Waals surface area contributed by atoms with Crippen LogP contribution in [-0.2, 0) is 0 Å². The molecule has 0 heteroatoms. The van der Waals surface area contributed by atoms with Gasteiger partial charge in [-0.25, -0.2) is 0 Å². The van der Waals surface area contributed by atoms with Crippen molar-refractivity contribution in [1.82, 2.24) is 0 Å². The highest BCUT2D eigenvalue weighted by Crippen LogP contribution is 2.49. The molecule has 262 valence electrons. The predicted molar refractivity (Wildman–Crippen MR) is 234 cm³/mol. The van der Waals surface area contributed by atoms with Crippen LogP contribution in [0.15, 0.2) is 218 Å². The van der Waals surface area contributed by atoms with Crippen molar-refractivity contribution >= 4 is 0 Å². The predicted octanol–water partition coefficient (Wildman–Crippen LogP) is 14.7. The van der Waals surface area contributed by atoms with Crippen molar-refractivity contribution < 1.29 is 0 Å². The summed E-state index contributed by atoms with van der Waals surface area (Å²) in [7, 11) is 0. The van der Waals surface area contributed by atoms with Crippen molar-refractivity contribution in [3.8, 4) is 66.8 Å². The van der Waals surface area contributed by atoms with E-state index in [1.165, 1.54) is 100 Å². The van der Waals surface area contributed by atoms with Crippen molar-refractivity contribution in [3.63, 3.8) is 0 Å². The highest BCUT2D eigenvalue weighted by molar-refractivity contribution is 5.89. The van der Waals surface area contributed by atoms with Gasteiger partial charge < -0.3 is 0 Å². The SMILES string of the molecule is c1ccc(-c2ccc(-c3cc(-c4ccc(C5c6ccccc6-c6ccccc65)cc4)ccc3-c3ccc(C4c5ccccc5-c5ccccc54)cc3)cc2)cc1. The van der Waals surface area contributed by atoms with Crippen LogP contribution in [0, 0.1) is 0 Å². The summed E-state index contributed by atoms with van der Waals surface area (Å²) in [5.41, 5.74) is 23.4. The molecule has 0 nitrogen and oxygen atoms in total. The molecule has 0 aromatic heterocycles. The van der Waals surface area contributed by atoms with E-state index < -0.39 is 0 Å². The molecule has 0 N–H and O–H groups in total. The Kier molecular flexibility index (Phi) is 7.74. The van der Waals surface area contributed by atoms with Crippen LogP contribution in [0.2, 0.25) is 0 Å². The van der Waals surface area contributed by atoms with Crippen LogP contribution in [0.4, 0.5) is 0 Å². The first kappa shape index (κ1) is 32.4. The normalized spacial score (nSPS) is 12.9. The van der Waals surface area contributed by atoms with E-state index in [1.807, 2.05) is 0 Å². The minimum absolute atomic E-state index is 0.234. The highest BCUT2D eigenvalue weighted by Gasteiger charge is 2.30. The number of hydrogen-bond acceptors (Lipinski definition) is 0. The minimum Gasteiger partial charge on any atom is -0.0622 e. The molecule has 56 heavy (non-hydrogen) atoms. The smallest absolute Gasteiger partial charge is 0.0352 e. The number of rotatable bonds is 6. The van der Waals surface area contributed by atoms with E-state index in [0.717, 1.165) is 0 Å². The maximum atomic E-state index is 2.39. The van der Waals surface area contributed by atoms with Gasteiger partial charge in [-0.15, -0.1) is 0 Å². The molecule has 0 spiro atoms. The van der Waals surface area contributed by atoms with Crippen LogP contribution in [0.5, 0.6) is 0 Å². The van der Waals surface area contributed by atoms with Gasteiger partial charge in [-0.1, -0.05) is 212 Å². The van der Waals surface area contributed by atoms with E-state index >= 15 is 0 Å². The fourth-order valence-corrected chi connectivity index (χ4v) is 9.44. The standard InChI is InChI=1S/C56H38/c1-2-12-37(13-3-1)38-22-26-41(27-23-38)54-36-44(39-24-30-42(31-25-39)55-50-18-8-4-14-46(50)47-15-5-9-19-51(47)55)34-35-45(54)40-28-32-43(33-29-40)56-52-20-10-6-16-48(52)49-17-7-11-21-53(49)56/h1-36,55-56H. The third-order valence-corrected chi connectivity index (χ3v) is 12.1. The highest BCUT2D eigenvalue weighted by atomic mass is 14.3. The Morgan fingerprint density at radius 3 is 1.00 bits per heavy atom. The number of fused-ring (bicyclic) bond motifs is 6. The van der Waals surface area contributed by atoms with Crippen LogP contribution in [0.25, 0.3) is 66.8 Å². The summed E-state index contributed by atoms with van der Waals surface area (Å²) in [6, 6.07) is 80.8. The molecule has 0 aliphatic heterocycles. The maximum absolute atomic E-state index is 2.39. The van der Waals surface area contributed by atoms with Gasteiger partial charge >= 0.3 is 0 Å². The van der Waals surface area contributed by atoms with Crippen LogP contribution >= 0.6 is 0 Å². The summed E-state index contributed by atoms with van der Waals surface area (Å²) in [5, 5.41) is 0. The van der Waals surface area contributed by atoms with Crippen molar-refractivity contribution in [2.45, 2.75) is 11.8 Å².